The van der Waals surface area contributed by atoms with Crippen LogP contribution >= 0.6 is 23.4 Å². The smallest absolute Gasteiger partial charge is 0.251 e. The first kappa shape index (κ1) is 22.4. The third-order valence-corrected chi connectivity index (χ3v) is 6.90. The van der Waals surface area contributed by atoms with E-state index in [1.807, 2.05) is 66.7 Å². The number of nitrogens with zero attached hydrogens (tertiary/aromatic N) is 1. The predicted octanol–water partition coefficient (Wildman–Crippen LogP) is 7.09. The van der Waals surface area contributed by atoms with E-state index in [1.54, 1.807) is 23.9 Å². The molecule has 0 spiro atoms. The van der Waals surface area contributed by atoms with Crippen molar-refractivity contribution in [3.8, 4) is 0 Å². The average molecular weight is 487 g/mol. The van der Waals surface area contributed by atoms with Crippen LogP contribution in [0.1, 0.15) is 27.0 Å². The van der Waals surface area contributed by atoms with Crippen LogP contribution in [0, 0.1) is 5.82 Å². The summed E-state index contributed by atoms with van der Waals surface area (Å²) in [7, 11) is 0. The Bertz CT molecular complexity index is 1400. The molecule has 0 unspecified atom stereocenters. The second-order valence-corrected chi connectivity index (χ2v) is 9.40. The number of hydrogen-bond donors (Lipinski definition) is 1. The molecule has 0 fully saturated rings. The van der Waals surface area contributed by atoms with Crippen molar-refractivity contribution in [2.75, 3.05) is 6.54 Å². The van der Waals surface area contributed by atoms with E-state index in [2.05, 4.69) is 5.32 Å². The minimum atomic E-state index is -0.294. The van der Waals surface area contributed by atoms with Crippen LogP contribution in [0.2, 0.25) is 5.02 Å². The minimum Gasteiger partial charge on any atom is -0.352 e. The maximum absolute atomic E-state index is 13.5. The number of hydrogen-bond acceptors (Lipinski definition) is 3. The summed E-state index contributed by atoms with van der Waals surface area (Å²) in [5, 5.41) is 3.66. The highest BCUT2D eigenvalue weighted by Crippen LogP contribution is 2.41. The number of amides is 1. The van der Waals surface area contributed by atoms with Gasteiger partial charge in [0.25, 0.3) is 5.91 Å². The normalized spacial score (nSPS) is 12.2. The van der Waals surface area contributed by atoms with Gasteiger partial charge in [0.2, 0.25) is 0 Å². The molecule has 3 nitrogen and oxygen atoms in total. The lowest BCUT2D eigenvalue weighted by molar-refractivity contribution is 0.0954. The van der Waals surface area contributed by atoms with E-state index in [9.17, 15) is 9.18 Å². The van der Waals surface area contributed by atoms with E-state index in [1.165, 1.54) is 12.1 Å². The molecule has 1 heterocycles. The zero-order chi connectivity index (χ0) is 23.5. The van der Waals surface area contributed by atoms with E-state index in [0.29, 0.717) is 29.2 Å². The fourth-order valence-electron chi connectivity index (χ4n) is 3.83. The van der Waals surface area contributed by atoms with Gasteiger partial charge in [-0.3, -0.25) is 4.79 Å². The van der Waals surface area contributed by atoms with Crippen molar-refractivity contribution in [1.82, 2.24) is 5.32 Å². The van der Waals surface area contributed by atoms with E-state index in [4.69, 9.17) is 16.6 Å². The molecule has 0 saturated heterocycles. The molecule has 0 bridgehead atoms. The van der Waals surface area contributed by atoms with Crippen LogP contribution in [0.4, 0.5) is 10.1 Å². The first-order valence-corrected chi connectivity index (χ1v) is 12.0. The summed E-state index contributed by atoms with van der Waals surface area (Å²) >= 11 is 7.65. The van der Waals surface area contributed by atoms with Gasteiger partial charge in [0.15, 0.2) is 0 Å². The molecule has 0 saturated carbocycles. The molecular formula is C28H20ClFN2OS. The van der Waals surface area contributed by atoms with Crippen molar-refractivity contribution in [2.24, 2.45) is 4.99 Å². The summed E-state index contributed by atoms with van der Waals surface area (Å²) < 4.78 is 13.5. The maximum Gasteiger partial charge on any atom is 0.251 e. The molecule has 34 heavy (non-hydrogen) atoms. The van der Waals surface area contributed by atoms with Gasteiger partial charge in [-0.2, -0.15) is 0 Å². The number of rotatable bonds is 5. The highest BCUT2D eigenvalue weighted by molar-refractivity contribution is 7.99. The molecule has 4 aromatic rings. The monoisotopic (exact) mass is 486 g/mol. The Morgan fingerprint density at radius 2 is 1.74 bits per heavy atom. The highest BCUT2D eigenvalue weighted by atomic mass is 35.5. The van der Waals surface area contributed by atoms with Crippen LogP contribution in [-0.2, 0) is 6.42 Å². The van der Waals surface area contributed by atoms with Gasteiger partial charge in [-0.05, 0) is 72.6 Å². The Labute approximate surface area is 206 Å². The Kier molecular flexibility index (Phi) is 6.48. The molecule has 0 aliphatic carbocycles. The Morgan fingerprint density at radius 1 is 0.912 bits per heavy atom. The zero-order valence-electron chi connectivity index (χ0n) is 18.1. The van der Waals surface area contributed by atoms with Crippen LogP contribution in [0.5, 0.6) is 0 Å². The number of aliphatic imine (C=N–C) groups is 1. The van der Waals surface area contributed by atoms with Crippen LogP contribution in [0.15, 0.2) is 106 Å². The van der Waals surface area contributed by atoms with E-state index >= 15 is 0 Å². The Balaban J connectivity index is 1.43. The quantitative estimate of drug-likeness (QED) is 0.288. The lowest BCUT2D eigenvalue weighted by Gasteiger charge is -2.09. The molecule has 0 aromatic heterocycles. The van der Waals surface area contributed by atoms with Gasteiger partial charge in [-0.15, -0.1) is 0 Å². The standard InChI is InChI=1S/C28H20ClFN2OS/c29-21-5-3-4-18(16-21)14-15-31-28(33)20-10-13-26-24(17-20)32-27(19-8-11-22(30)12-9-19)23-6-1-2-7-25(23)34-26/h1-13,16-17H,14-15H2,(H,31,33). The van der Waals surface area contributed by atoms with Gasteiger partial charge < -0.3 is 5.32 Å². The van der Waals surface area contributed by atoms with Gasteiger partial charge in [-0.25, -0.2) is 9.38 Å². The van der Waals surface area contributed by atoms with Crippen LogP contribution < -0.4 is 5.32 Å². The van der Waals surface area contributed by atoms with Crippen molar-refractivity contribution in [3.05, 3.63) is 124 Å². The minimum absolute atomic E-state index is 0.157. The lowest BCUT2D eigenvalue weighted by atomic mass is 10.0. The highest BCUT2D eigenvalue weighted by Gasteiger charge is 2.20. The average Bonchev–Trinajstić information content (AvgIpc) is 3.01. The molecule has 0 radical (unpaired) electrons. The molecule has 1 N–H and O–H groups in total. The summed E-state index contributed by atoms with van der Waals surface area (Å²) in [6.45, 7) is 0.501. The second-order valence-electron chi connectivity index (χ2n) is 7.88. The molecule has 6 heteroatoms. The topological polar surface area (TPSA) is 41.5 Å². The van der Waals surface area contributed by atoms with E-state index in [-0.39, 0.29) is 11.7 Å². The second kappa shape index (κ2) is 9.84. The molecule has 1 aliphatic rings. The molecule has 0 atom stereocenters. The third-order valence-electron chi connectivity index (χ3n) is 5.52. The maximum atomic E-state index is 13.5. The van der Waals surface area contributed by atoms with E-state index in [0.717, 1.165) is 32.2 Å². The molecular weight excluding hydrogens is 467 g/mol. The largest absolute Gasteiger partial charge is 0.352 e. The summed E-state index contributed by atoms with van der Waals surface area (Å²) in [5.41, 5.74) is 4.86. The fraction of sp³-hybridized carbons (Fsp3) is 0.0714. The first-order chi connectivity index (χ1) is 16.6. The third kappa shape index (κ3) is 4.91. The molecule has 4 aromatic carbocycles. The first-order valence-electron chi connectivity index (χ1n) is 10.9. The van der Waals surface area contributed by atoms with Gasteiger partial charge >= 0.3 is 0 Å². The number of benzene rings is 4. The number of nitrogens with one attached hydrogen (secondary N) is 1. The van der Waals surface area contributed by atoms with Crippen LogP contribution in [-0.4, -0.2) is 18.2 Å². The van der Waals surface area contributed by atoms with Gasteiger partial charge in [-0.1, -0.05) is 53.7 Å². The van der Waals surface area contributed by atoms with Crippen molar-refractivity contribution in [3.63, 3.8) is 0 Å². The number of carbonyl (C=O) groups is 1. The van der Waals surface area contributed by atoms with Crippen molar-refractivity contribution >= 4 is 40.7 Å². The van der Waals surface area contributed by atoms with E-state index < -0.39 is 0 Å². The molecule has 168 valence electrons. The zero-order valence-corrected chi connectivity index (χ0v) is 19.7. The van der Waals surface area contributed by atoms with Gasteiger partial charge in [0.05, 0.1) is 11.4 Å². The van der Waals surface area contributed by atoms with Crippen molar-refractivity contribution < 1.29 is 9.18 Å². The van der Waals surface area contributed by atoms with Crippen molar-refractivity contribution in [1.29, 1.82) is 0 Å². The van der Waals surface area contributed by atoms with Crippen LogP contribution in [0.3, 0.4) is 0 Å². The molecule has 1 aliphatic heterocycles. The summed E-state index contributed by atoms with van der Waals surface area (Å²) in [4.78, 5) is 19.8. The molecule has 1 amide bonds. The fourth-order valence-corrected chi connectivity index (χ4v) is 5.04. The number of fused-ring (bicyclic) bond motifs is 2. The lowest BCUT2D eigenvalue weighted by Crippen LogP contribution is -2.25. The SMILES string of the molecule is O=C(NCCc1cccc(Cl)c1)c1ccc2c(c1)N=C(c1ccc(F)cc1)c1ccccc1S2. The number of halogens is 2. The van der Waals surface area contributed by atoms with Crippen molar-refractivity contribution in [2.45, 2.75) is 16.2 Å². The number of carbonyl (C=O) groups excluding carboxylic acids is 1. The van der Waals surface area contributed by atoms with Gasteiger partial charge in [0, 0.05) is 38.0 Å². The molecule has 5 rings (SSSR count). The predicted molar refractivity (Wildman–Crippen MR) is 136 cm³/mol. The Hall–Kier alpha value is -3.41. The summed E-state index contributed by atoms with van der Waals surface area (Å²) in [6, 6.07) is 27.5. The Morgan fingerprint density at radius 3 is 2.56 bits per heavy atom. The van der Waals surface area contributed by atoms with Crippen LogP contribution in [0.25, 0.3) is 0 Å². The summed E-state index contributed by atoms with van der Waals surface area (Å²) in [5.74, 6) is -0.451. The summed E-state index contributed by atoms with van der Waals surface area (Å²) in [6.07, 6.45) is 0.690. The van der Waals surface area contributed by atoms with Gasteiger partial charge in [0.1, 0.15) is 5.82 Å².